The number of nitrogens with zero attached hydrogens (tertiary/aromatic N) is 4. The first-order chi connectivity index (χ1) is 25.7. The van der Waals surface area contributed by atoms with Gasteiger partial charge in [0.25, 0.3) is 0 Å². The molecule has 13 nitrogen and oxygen atoms in total. The summed E-state index contributed by atoms with van der Waals surface area (Å²) in [5.41, 5.74) is 1.86. The van der Waals surface area contributed by atoms with Crippen LogP contribution in [-0.2, 0) is 4.79 Å². The molecule has 2 aromatic carbocycles. The lowest BCUT2D eigenvalue weighted by atomic mass is 10.1. The van der Waals surface area contributed by atoms with Crippen molar-refractivity contribution in [3.8, 4) is 11.5 Å². The van der Waals surface area contributed by atoms with Crippen LogP contribution in [0.15, 0.2) is 54.6 Å². The predicted octanol–water partition coefficient (Wildman–Crippen LogP) is 1.22. The molecule has 300 valence electrons. The Hall–Kier alpha value is -3.11. The number of phenols is 2. The lowest BCUT2D eigenvalue weighted by molar-refractivity contribution is -0.129. The molecule has 2 aromatic rings. The van der Waals surface area contributed by atoms with Gasteiger partial charge in [-0.2, -0.15) is 0 Å². The molecular weight excluding hydrogens is 670 g/mol. The third kappa shape index (κ3) is 22.0. The highest BCUT2D eigenvalue weighted by atomic mass is 16.3. The number of likely N-dealkylation sites (N-methyl/N-ethyl adjacent to an activating group) is 3. The summed E-state index contributed by atoms with van der Waals surface area (Å²) < 4.78 is 0. The minimum absolute atomic E-state index is 0.180. The largest absolute Gasteiger partial charge is 0.504 e. The van der Waals surface area contributed by atoms with Crippen molar-refractivity contribution in [2.75, 3.05) is 138 Å². The second kappa shape index (κ2) is 29.3. The molecule has 0 bridgehead atoms. The van der Waals surface area contributed by atoms with Gasteiger partial charge in [-0.25, -0.2) is 0 Å². The summed E-state index contributed by atoms with van der Waals surface area (Å²) in [6.45, 7) is 24.4. The van der Waals surface area contributed by atoms with Crippen molar-refractivity contribution in [1.82, 2.24) is 46.2 Å². The van der Waals surface area contributed by atoms with Gasteiger partial charge in [-0.1, -0.05) is 55.5 Å². The van der Waals surface area contributed by atoms with Gasteiger partial charge in [-0.05, 0) is 63.4 Å². The van der Waals surface area contributed by atoms with Crippen LogP contribution in [0.1, 0.15) is 37.5 Å². The number of carbonyl (C=O) groups is 1. The molecule has 0 spiro atoms. The molecule has 53 heavy (non-hydrogen) atoms. The zero-order chi connectivity index (χ0) is 38.5. The maximum atomic E-state index is 10.7. The quantitative estimate of drug-likeness (QED) is 0.193. The zero-order valence-electron chi connectivity index (χ0n) is 33.0. The maximum absolute atomic E-state index is 10.7. The predicted molar refractivity (Wildman–Crippen MR) is 219 cm³/mol. The molecule has 1 atom stereocenters. The highest BCUT2D eigenvalue weighted by Gasteiger charge is 2.11. The summed E-state index contributed by atoms with van der Waals surface area (Å²) >= 11 is 0. The number of aliphatic hydroxyl groups is 1. The van der Waals surface area contributed by atoms with Crippen molar-refractivity contribution < 1.29 is 20.1 Å². The molecule has 4 fully saturated rings. The van der Waals surface area contributed by atoms with Gasteiger partial charge in [0.15, 0.2) is 11.5 Å². The van der Waals surface area contributed by atoms with Gasteiger partial charge in [0.1, 0.15) is 0 Å². The Bertz CT molecular complexity index is 1210. The van der Waals surface area contributed by atoms with Crippen molar-refractivity contribution in [2.24, 2.45) is 0 Å². The summed E-state index contributed by atoms with van der Waals surface area (Å²) in [7, 11) is 3.90. The molecule has 13 heteroatoms. The summed E-state index contributed by atoms with van der Waals surface area (Å²) in [6.07, 6.45) is 5.08. The Kier molecular flexibility index (Phi) is 25.4. The van der Waals surface area contributed by atoms with E-state index in [1.165, 1.54) is 89.6 Å². The number of rotatable bonds is 7. The fourth-order valence-electron chi connectivity index (χ4n) is 5.84. The monoisotopic (exact) mass is 742 g/mol. The molecule has 8 N–H and O–H groups in total. The summed E-state index contributed by atoms with van der Waals surface area (Å²) in [5.74, 6) is -0.204. The second-order valence-corrected chi connectivity index (χ2v) is 13.5. The standard InChI is InChI=1S/C13H18N2.C9H13NO3.C6H12N2O.2C6H14N2/c1-2-5-13(6-3-1)7-4-10-15-11-8-14-9-12-15;1-10-5-9(13)6-2-3-7(11)8(12)4-6;1-6(9)8-4-2-7-3-5-8;1-8-5-2-3-7-4-6-8;1-2-8-5-3-7-4-6-8/h1-7,14H,8-12H2;2-4,9-13H,5H2,1H3;7H,2-5H2,1H3;2*7H,2-6H2,1H3/b7-4+;;;;. The molecule has 1 amide bonds. The van der Waals surface area contributed by atoms with Crippen LogP contribution in [0.25, 0.3) is 6.08 Å². The van der Waals surface area contributed by atoms with Crippen LogP contribution in [0.4, 0.5) is 0 Å². The normalized spacial score (nSPS) is 19.1. The van der Waals surface area contributed by atoms with Crippen LogP contribution >= 0.6 is 0 Å². The Labute approximate surface area is 319 Å². The Morgan fingerprint density at radius 1 is 0.774 bits per heavy atom. The lowest BCUT2D eigenvalue weighted by Crippen LogP contribution is -2.45. The molecule has 0 radical (unpaired) electrons. The molecule has 4 heterocycles. The average Bonchev–Trinajstić information content (AvgIpc) is 3.45. The summed E-state index contributed by atoms with van der Waals surface area (Å²) in [6, 6.07) is 14.7. The van der Waals surface area contributed by atoms with E-state index in [-0.39, 0.29) is 17.4 Å². The molecule has 0 saturated carbocycles. The molecule has 4 saturated heterocycles. The lowest BCUT2D eigenvalue weighted by Gasteiger charge is -2.25. The highest BCUT2D eigenvalue weighted by molar-refractivity contribution is 5.73. The van der Waals surface area contributed by atoms with Crippen LogP contribution < -0.4 is 26.6 Å². The molecule has 6 rings (SSSR count). The Morgan fingerprint density at radius 2 is 1.34 bits per heavy atom. The van der Waals surface area contributed by atoms with E-state index in [1.807, 2.05) is 11.0 Å². The van der Waals surface area contributed by atoms with E-state index in [4.69, 9.17) is 10.2 Å². The number of phenolic OH excluding ortho intramolecular Hbond substituents is 2. The average molecular weight is 742 g/mol. The van der Waals surface area contributed by atoms with Crippen LogP contribution in [0, 0.1) is 0 Å². The van der Waals surface area contributed by atoms with Gasteiger partial charge in [-0.3, -0.25) is 9.69 Å². The number of benzene rings is 2. The third-order valence-corrected chi connectivity index (χ3v) is 9.25. The zero-order valence-corrected chi connectivity index (χ0v) is 33.0. The summed E-state index contributed by atoms with van der Waals surface area (Å²) in [4.78, 5) is 19.8. The van der Waals surface area contributed by atoms with E-state index < -0.39 is 6.10 Å². The maximum Gasteiger partial charge on any atom is 0.219 e. The van der Waals surface area contributed by atoms with Gasteiger partial charge in [0.05, 0.1) is 6.10 Å². The van der Waals surface area contributed by atoms with E-state index in [9.17, 15) is 9.90 Å². The van der Waals surface area contributed by atoms with Gasteiger partial charge in [0.2, 0.25) is 5.91 Å². The van der Waals surface area contributed by atoms with Gasteiger partial charge in [0, 0.05) is 112 Å². The van der Waals surface area contributed by atoms with Gasteiger partial charge >= 0.3 is 0 Å². The first-order valence-electron chi connectivity index (χ1n) is 19.5. The number of hydrogen-bond acceptors (Lipinski definition) is 12. The first kappa shape index (κ1) is 46.0. The molecule has 4 aliphatic rings. The van der Waals surface area contributed by atoms with Crippen molar-refractivity contribution in [1.29, 1.82) is 0 Å². The SMILES string of the molecule is C(=C\c1ccccc1)/CN1CCNCC1.CC(=O)N1CCNCC1.CCN1CCNCC1.CN1CCCNCC1.CNCC(O)c1ccc(O)c(O)c1. The van der Waals surface area contributed by atoms with Crippen molar-refractivity contribution in [3.05, 3.63) is 65.7 Å². The number of nitrogens with one attached hydrogen (secondary N) is 5. The molecule has 0 aliphatic carbocycles. The van der Waals surface area contributed by atoms with E-state index in [1.54, 1.807) is 20.0 Å². The number of aromatic hydroxyl groups is 2. The minimum atomic E-state index is -0.670. The van der Waals surface area contributed by atoms with Crippen molar-refractivity contribution in [3.63, 3.8) is 0 Å². The Morgan fingerprint density at radius 3 is 1.87 bits per heavy atom. The van der Waals surface area contributed by atoms with Crippen molar-refractivity contribution in [2.45, 2.75) is 26.4 Å². The molecular formula is C40H71N9O4. The Balaban J connectivity index is 0.000000235. The summed E-state index contributed by atoms with van der Waals surface area (Å²) in [5, 5.41) is 43.6. The number of amides is 1. The smallest absolute Gasteiger partial charge is 0.219 e. The highest BCUT2D eigenvalue weighted by Crippen LogP contribution is 2.27. The minimum Gasteiger partial charge on any atom is -0.504 e. The number of carbonyl (C=O) groups excluding carboxylic acids is 1. The second-order valence-electron chi connectivity index (χ2n) is 13.5. The molecule has 4 aliphatic heterocycles. The van der Waals surface area contributed by atoms with E-state index in [0.29, 0.717) is 12.1 Å². The van der Waals surface area contributed by atoms with E-state index in [0.717, 1.165) is 52.4 Å². The van der Waals surface area contributed by atoms with Crippen LogP contribution in [0.5, 0.6) is 11.5 Å². The fourth-order valence-corrected chi connectivity index (χ4v) is 5.84. The number of aliphatic hydroxyl groups excluding tert-OH is 1. The van der Waals surface area contributed by atoms with Crippen LogP contribution in [0.3, 0.4) is 0 Å². The van der Waals surface area contributed by atoms with Gasteiger partial charge in [-0.15, -0.1) is 0 Å². The first-order valence-corrected chi connectivity index (χ1v) is 19.5. The number of hydrogen-bond donors (Lipinski definition) is 8. The molecule has 1 unspecified atom stereocenters. The topological polar surface area (TPSA) is 151 Å². The van der Waals surface area contributed by atoms with Crippen LogP contribution in [0.2, 0.25) is 0 Å². The third-order valence-electron chi connectivity index (χ3n) is 9.25. The fraction of sp³-hybridized carbons (Fsp3) is 0.625. The van der Waals surface area contributed by atoms with Crippen LogP contribution in [-0.4, -0.2) is 179 Å². The van der Waals surface area contributed by atoms with E-state index in [2.05, 4.69) is 91.7 Å². The van der Waals surface area contributed by atoms with E-state index >= 15 is 0 Å². The molecule has 0 aromatic heterocycles. The van der Waals surface area contributed by atoms with Crippen molar-refractivity contribution >= 4 is 12.0 Å². The van der Waals surface area contributed by atoms with Gasteiger partial charge < -0.3 is 56.6 Å². The number of piperazine rings is 3.